The average Bonchev–Trinajstić information content (AvgIpc) is 2.57. The highest BCUT2D eigenvalue weighted by Gasteiger charge is 2.18. The lowest BCUT2D eigenvalue weighted by atomic mass is 10.1. The average molecular weight is 391 g/mol. The van der Waals surface area contributed by atoms with Crippen LogP contribution in [0.4, 0.5) is 5.69 Å². The highest BCUT2D eigenvalue weighted by atomic mass is 32.2. The molecular formula is C20H26N2O4S. The number of ether oxygens (including phenoxy) is 1. The van der Waals surface area contributed by atoms with Crippen LogP contribution >= 0.6 is 0 Å². The van der Waals surface area contributed by atoms with Crippen molar-refractivity contribution >= 4 is 21.6 Å². The van der Waals surface area contributed by atoms with Gasteiger partial charge in [-0.2, -0.15) is 0 Å². The molecule has 0 atom stereocenters. The molecule has 0 aromatic heterocycles. The van der Waals surface area contributed by atoms with Crippen LogP contribution in [0.1, 0.15) is 26.3 Å². The number of amides is 1. The predicted octanol–water partition coefficient (Wildman–Crippen LogP) is 2.95. The zero-order chi connectivity index (χ0) is 20.1. The summed E-state index contributed by atoms with van der Waals surface area (Å²) in [5, 5.41) is 2.81. The van der Waals surface area contributed by atoms with E-state index in [2.05, 4.69) is 5.32 Å². The van der Waals surface area contributed by atoms with Crippen LogP contribution in [0.15, 0.2) is 54.6 Å². The first-order valence-electron chi connectivity index (χ1n) is 8.60. The summed E-state index contributed by atoms with van der Waals surface area (Å²) < 4.78 is 31.2. The Kier molecular flexibility index (Phi) is 6.49. The monoisotopic (exact) mass is 390 g/mol. The summed E-state index contributed by atoms with van der Waals surface area (Å²) in [6, 6.07) is 16.0. The number of anilines is 1. The number of nitrogens with one attached hydrogen (secondary N) is 1. The highest BCUT2D eigenvalue weighted by Crippen LogP contribution is 2.23. The first-order chi connectivity index (χ1) is 12.5. The first-order valence-corrected chi connectivity index (χ1v) is 10.4. The molecule has 2 aromatic carbocycles. The molecule has 0 fully saturated rings. The van der Waals surface area contributed by atoms with Gasteiger partial charge in [-0.25, -0.2) is 8.42 Å². The topological polar surface area (TPSA) is 75.7 Å². The normalized spacial score (nSPS) is 11.7. The maximum atomic E-state index is 12.2. The molecule has 6 nitrogen and oxygen atoms in total. The van der Waals surface area contributed by atoms with Crippen LogP contribution in [0.25, 0.3) is 0 Å². The van der Waals surface area contributed by atoms with Crippen molar-refractivity contribution in [2.75, 3.05) is 17.2 Å². The summed E-state index contributed by atoms with van der Waals surface area (Å²) in [7, 11) is -3.45. The fourth-order valence-corrected chi connectivity index (χ4v) is 3.35. The molecular weight excluding hydrogens is 364 g/mol. The van der Waals surface area contributed by atoms with Crippen molar-refractivity contribution in [2.45, 2.75) is 32.9 Å². The van der Waals surface area contributed by atoms with Crippen molar-refractivity contribution in [2.24, 2.45) is 0 Å². The minimum absolute atomic E-state index is 0.101. The summed E-state index contributed by atoms with van der Waals surface area (Å²) in [5.74, 6) is 0.282. The Labute approximate surface area is 161 Å². The largest absolute Gasteiger partial charge is 0.484 e. The second-order valence-electron chi connectivity index (χ2n) is 7.34. The molecule has 0 bridgehead atoms. The van der Waals surface area contributed by atoms with Gasteiger partial charge in [0.15, 0.2) is 6.61 Å². The van der Waals surface area contributed by atoms with Crippen LogP contribution in [-0.2, 0) is 21.4 Å². The number of rotatable bonds is 7. The maximum Gasteiger partial charge on any atom is 0.258 e. The van der Waals surface area contributed by atoms with Gasteiger partial charge < -0.3 is 10.1 Å². The van der Waals surface area contributed by atoms with Gasteiger partial charge in [-0.05, 0) is 50.6 Å². The number of carbonyl (C=O) groups is 1. The number of hydrogen-bond acceptors (Lipinski definition) is 4. The minimum Gasteiger partial charge on any atom is -0.484 e. The fourth-order valence-electron chi connectivity index (χ4n) is 2.46. The molecule has 0 heterocycles. The van der Waals surface area contributed by atoms with Crippen LogP contribution in [0.2, 0.25) is 0 Å². The van der Waals surface area contributed by atoms with Gasteiger partial charge >= 0.3 is 0 Å². The molecule has 0 aliphatic heterocycles. The molecule has 7 heteroatoms. The summed E-state index contributed by atoms with van der Waals surface area (Å²) in [6.45, 7) is 5.83. The molecule has 0 saturated carbocycles. The van der Waals surface area contributed by atoms with Crippen LogP contribution in [0.5, 0.6) is 5.75 Å². The molecule has 0 unspecified atom stereocenters. The van der Waals surface area contributed by atoms with Crippen molar-refractivity contribution in [3.8, 4) is 5.75 Å². The first kappa shape index (κ1) is 20.8. The molecule has 1 N–H and O–H groups in total. The second-order valence-corrected chi connectivity index (χ2v) is 9.24. The molecule has 27 heavy (non-hydrogen) atoms. The van der Waals surface area contributed by atoms with Crippen LogP contribution in [0, 0.1) is 0 Å². The van der Waals surface area contributed by atoms with Crippen molar-refractivity contribution in [3.05, 3.63) is 60.2 Å². The summed E-state index contributed by atoms with van der Waals surface area (Å²) in [4.78, 5) is 11.8. The highest BCUT2D eigenvalue weighted by molar-refractivity contribution is 7.92. The summed E-state index contributed by atoms with van der Waals surface area (Å²) in [6.07, 6.45) is 1.18. The van der Waals surface area contributed by atoms with E-state index < -0.39 is 10.0 Å². The van der Waals surface area contributed by atoms with Crippen molar-refractivity contribution in [1.29, 1.82) is 0 Å². The van der Waals surface area contributed by atoms with Crippen molar-refractivity contribution < 1.29 is 17.9 Å². The van der Waals surface area contributed by atoms with E-state index in [1.165, 1.54) is 10.6 Å². The third-order valence-corrected chi connectivity index (χ3v) is 4.72. The van der Waals surface area contributed by atoms with E-state index in [4.69, 9.17) is 4.74 Å². The molecule has 0 spiro atoms. The van der Waals surface area contributed by atoms with E-state index in [-0.39, 0.29) is 24.6 Å². The Bertz CT molecular complexity index is 857. The maximum absolute atomic E-state index is 12.2. The quantitative estimate of drug-likeness (QED) is 0.789. The number of sulfonamides is 1. The summed E-state index contributed by atoms with van der Waals surface area (Å²) in [5.41, 5.74) is 1.10. The van der Waals surface area contributed by atoms with Gasteiger partial charge in [0.2, 0.25) is 10.0 Å². The molecule has 0 aliphatic carbocycles. The van der Waals surface area contributed by atoms with E-state index in [1.807, 2.05) is 51.1 Å². The van der Waals surface area contributed by atoms with E-state index in [0.29, 0.717) is 11.4 Å². The molecule has 146 valence electrons. The fraction of sp³-hybridized carbons (Fsp3) is 0.350. The molecule has 0 saturated heterocycles. The van der Waals surface area contributed by atoms with Gasteiger partial charge in [-0.3, -0.25) is 9.10 Å². The van der Waals surface area contributed by atoms with Crippen molar-refractivity contribution in [1.82, 2.24) is 5.32 Å². The zero-order valence-corrected chi connectivity index (χ0v) is 16.9. The lowest BCUT2D eigenvalue weighted by molar-refractivity contribution is -0.124. The Morgan fingerprint density at radius 3 is 2.15 bits per heavy atom. The SMILES string of the molecule is CC(C)(C)NC(=O)COc1ccc(N(Cc2ccccc2)S(C)(=O)=O)cc1. The lowest BCUT2D eigenvalue weighted by Crippen LogP contribution is -2.43. The second kappa shape index (κ2) is 8.43. The molecule has 2 aromatic rings. The standard InChI is InChI=1S/C20H26N2O4S/c1-20(2,3)21-19(23)15-26-18-12-10-17(11-13-18)22(27(4,24)25)14-16-8-6-5-7-9-16/h5-13H,14-15H2,1-4H3,(H,21,23). The Morgan fingerprint density at radius 1 is 1.04 bits per heavy atom. The van der Waals surface area contributed by atoms with E-state index in [0.717, 1.165) is 5.56 Å². The number of nitrogens with zero attached hydrogens (tertiary/aromatic N) is 1. The molecule has 1 amide bonds. The molecule has 0 radical (unpaired) electrons. The van der Waals surface area contributed by atoms with Crippen molar-refractivity contribution in [3.63, 3.8) is 0 Å². The van der Waals surface area contributed by atoms with E-state index >= 15 is 0 Å². The lowest BCUT2D eigenvalue weighted by Gasteiger charge is -2.23. The predicted molar refractivity (Wildman–Crippen MR) is 107 cm³/mol. The van der Waals surface area contributed by atoms with E-state index in [9.17, 15) is 13.2 Å². The van der Waals surface area contributed by atoms with Gasteiger partial charge in [-0.1, -0.05) is 30.3 Å². The third-order valence-electron chi connectivity index (χ3n) is 3.58. The van der Waals surface area contributed by atoms with E-state index in [1.54, 1.807) is 24.3 Å². The number of benzene rings is 2. The minimum atomic E-state index is -3.45. The number of hydrogen-bond donors (Lipinski definition) is 1. The molecule has 2 rings (SSSR count). The Hall–Kier alpha value is -2.54. The van der Waals surface area contributed by atoms with Crippen LogP contribution in [-0.4, -0.2) is 32.7 Å². The summed E-state index contributed by atoms with van der Waals surface area (Å²) >= 11 is 0. The van der Waals surface area contributed by atoms with Crippen LogP contribution in [0.3, 0.4) is 0 Å². The van der Waals surface area contributed by atoms with Gasteiger partial charge in [0.1, 0.15) is 5.75 Å². The van der Waals surface area contributed by atoms with Gasteiger partial charge in [0.25, 0.3) is 5.91 Å². The molecule has 0 aliphatic rings. The van der Waals surface area contributed by atoms with Gasteiger partial charge in [-0.15, -0.1) is 0 Å². The Morgan fingerprint density at radius 2 is 1.63 bits per heavy atom. The van der Waals surface area contributed by atoms with Gasteiger partial charge in [0.05, 0.1) is 18.5 Å². The smallest absolute Gasteiger partial charge is 0.258 e. The van der Waals surface area contributed by atoms with Crippen LogP contribution < -0.4 is 14.4 Å². The zero-order valence-electron chi connectivity index (χ0n) is 16.1. The third kappa shape index (κ3) is 6.94. The van der Waals surface area contributed by atoms with Gasteiger partial charge in [0, 0.05) is 5.54 Å². The Balaban J connectivity index is 2.07. The number of carbonyl (C=O) groups excluding carboxylic acids is 1.